The third-order valence-corrected chi connectivity index (χ3v) is 6.68. The van der Waals surface area contributed by atoms with Gasteiger partial charge >= 0.3 is 0 Å². The van der Waals surface area contributed by atoms with Crippen LogP contribution in [0.4, 0.5) is 26.2 Å². The quantitative estimate of drug-likeness (QED) is 0.393. The van der Waals surface area contributed by atoms with Gasteiger partial charge in [0.15, 0.2) is 0 Å². The van der Waals surface area contributed by atoms with Crippen molar-refractivity contribution >= 4 is 17.5 Å². The van der Waals surface area contributed by atoms with Gasteiger partial charge < -0.3 is 15.0 Å². The van der Waals surface area contributed by atoms with Crippen LogP contribution in [0.25, 0.3) is 5.69 Å². The summed E-state index contributed by atoms with van der Waals surface area (Å²) in [7, 11) is 1.97. The smallest absolute Gasteiger partial charge is 0.229 e. The summed E-state index contributed by atoms with van der Waals surface area (Å²) >= 11 is 0. The molecular formula is C27H25F2N7O. The molecule has 3 heterocycles. The van der Waals surface area contributed by atoms with Gasteiger partial charge in [0.2, 0.25) is 5.95 Å². The van der Waals surface area contributed by atoms with Gasteiger partial charge in [-0.3, -0.25) is 0 Å². The lowest BCUT2D eigenvalue weighted by molar-refractivity contribution is 0.360. The van der Waals surface area contributed by atoms with E-state index >= 15 is 0 Å². The molecule has 0 amide bonds. The van der Waals surface area contributed by atoms with Gasteiger partial charge in [-0.15, -0.1) is 0 Å². The Hall–Kier alpha value is -4.34. The van der Waals surface area contributed by atoms with Gasteiger partial charge in [0.1, 0.15) is 47.6 Å². The highest BCUT2D eigenvalue weighted by Crippen LogP contribution is 2.42. The van der Waals surface area contributed by atoms with Crippen LogP contribution in [0.5, 0.6) is 5.75 Å². The molecule has 10 heteroatoms. The van der Waals surface area contributed by atoms with Crippen molar-refractivity contribution in [1.29, 1.82) is 0 Å². The van der Waals surface area contributed by atoms with E-state index < -0.39 is 11.6 Å². The molecule has 1 atom stereocenters. The third kappa shape index (κ3) is 4.39. The summed E-state index contributed by atoms with van der Waals surface area (Å²) in [6.45, 7) is 2.81. The molecule has 0 saturated heterocycles. The predicted octanol–water partition coefficient (Wildman–Crippen LogP) is 4.85. The minimum absolute atomic E-state index is 0.283. The molecule has 4 aromatic rings. The van der Waals surface area contributed by atoms with Gasteiger partial charge in [-0.05, 0) is 49.6 Å². The van der Waals surface area contributed by atoms with E-state index in [9.17, 15) is 8.78 Å². The summed E-state index contributed by atoms with van der Waals surface area (Å²) in [6, 6.07) is 9.40. The molecule has 0 spiro atoms. The van der Waals surface area contributed by atoms with Gasteiger partial charge in [0.25, 0.3) is 0 Å². The van der Waals surface area contributed by atoms with Gasteiger partial charge in [-0.25, -0.2) is 23.4 Å². The predicted molar refractivity (Wildman–Crippen MR) is 136 cm³/mol. The number of rotatable bonds is 2. The maximum Gasteiger partial charge on any atom is 0.229 e. The Morgan fingerprint density at radius 1 is 1.08 bits per heavy atom. The number of halogens is 2. The van der Waals surface area contributed by atoms with E-state index in [0.717, 1.165) is 34.5 Å². The Balaban J connectivity index is 1.44. The first-order chi connectivity index (χ1) is 18.0. The van der Waals surface area contributed by atoms with Gasteiger partial charge in [0, 0.05) is 42.9 Å². The van der Waals surface area contributed by atoms with E-state index in [0.29, 0.717) is 49.1 Å². The number of hydrogen-bond donors (Lipinski definition) is 1. The van der Waals surface area contributed by atoms with Gasteiger partial charge in [-0.1, -0.05) is 12.1 Å². The van der Waals surface area contributed by atoms with E-state index in [4.69, 9.17) is 14.7 Å². The number of nitrogens with one attached hydrogen (secondary N) is 1. The highest BCUT2D eigenvalue weighted by molar-refractivity contribution is 5.64. The maximum atomic E-state index is 14.8. The largest absolute Gasteiger partial charge is 0.487 e. The molecule has 1 aliphatic carbocycles. The fourth-order valence-electron chi connectivity index (χ4n) is 4.91. The summed E-state index contributed by atoms with van der Waals surface area (Å²) in [6.07, 6.45) is 7.02. The van der Waals surface area contributed by atoms with Crippen LogP contribution in [0.15, 0.2) is 54.9 Å². The average molecular weight is 502 g/mol. The molecule has 2 aromatic heterocycles. The minimum Gasteiger partial charge on any atom is -0.487 e. The number of benzene rings is 2. The molecule has 0 saturated carbocycles. The number of aryl methyl sites for hydroxylation is 1. The zero-order valence-electron chi connectivity index (χ0n) is 20.4. The highest BCUT2D eigenvalue weighted by Gasteiger charge is 2.32. The first-order valence-corrected chi connectivity index (χ1v) is 12.1. The summed E-state index contributed by atoms with van der Waals surface area (Å²) < 4.78 is 36.1. The summed E-state index contributed by atoms with van der Waals surface area (Å²) in [5, 5.41) is 7.71. The Bertz CT molecular complexity index is 1520. The zero-order valence-corrected chi connectivity index (χ0v) is 20.4. The van der Waals surface area contributed by atoms with Crippen molar-refractivity contribution in [2.24, 2.45) is 0 Å². The molecule has 188 valence electrons. The third-order valence-electron chi connectivity index (χ3n) is 6.68. The van der Waals surface area contributed by atoms with Crippen molar-refractivity contribution in [2.45, 2.75) is 25.7 Å². The number of aromatic nitrogens is 5. The van der Waals surface area contributed by atoms with E-state index in [1.165, 1.54) is 12.1 Å². The second kappa shape index (κ2) is 9.27. The second-order valence-electron chi connectivity index (χ2n) is 9.20. The molecule has 0 radical (unpaired) electrons. The molecule has 0 fully saturated rings. The fraction of sp³-hybridized carbons (Fsp3) is 0.259. The van der Waals surface area contributed by atoms with Gasteiger partial charge in [-0.2, -0.15) is 10.1 Å². The molecule has 37 heavy (non-hydrogen) atoms. The van der Waals surface area contributed by atoms with Crippen molar-refractivity contribution in [1.82, 2.24) is 24.7 Å². The number of hydrogen-bond acceptors (Lipinski definition) is 7. The van der Waals surface area contributed by atoms with Crippen LogP contribution in [0, 0.1) is 18.6 Å². The molecule has 1 unspecified atom stereocenters. The maximum absolute atomic E-state index is 14.8. The molecule has 1 aliphatic heterocycles. The summed E-state index contributed by atoms with van der Waals surface area (Å²) in [5.74, 6) is 1.04. The molecule has 2 aromatic carbocycles. The lowest BCUT2D eigenvalue weighted by atomic mass is 9.96. The number of ether oxygens (including phenoxy) is 1. The normalized spacial score (nSPS) is 16.8. The fourth-order valence-corrected chi connectivity index (χ4v) is 4.91. The highest BCUT2D eigenvalue weighted by atomic mass is 19.1. The van der Waals surface area contributed by atoms with E-state index in [-0.39, 0.29) is 5.92 Å². The van der Waals surface area contributed by atoms with Crippen molar-refractivity contribution in [3.63, 3.8) is 0 Å². The van der Waals surface area contributed by atoms with Crippen LogP contribution in [-0.2, 0) is 6.42 Å². The Morgan fingerprint density at radius 3 is 2.78 bits per heavy atom. The number of nitrogens with zero attached hydrogens (tertiary/aromatic N) is 6. The molecule has 6 rings (SSSR count). The van der Waals surface area contributed by atoms with E-state index in [1.807, 2.05) is 49.2 Å². The summed E-state index contributed by atoms with van der Waals surface area (Å²) in [4.78, 5) is 15.9. The van der Waals surface area contributed by atoms with E-state index in [2.05, 4.69) is 15.4 Å². The molecule has 4 bridgehead atoms. The van der Waals surface area contributed by atoms with Crippen LogP contribution in [0.3, 0.4) is 0 Å². The number of anilines is 3. The van der Waals surface area contributed by atoms with Crippen LogP contribution >= 0.6 is 0 Å². The minimum atomic E-state index is -0.593. The Morgan fingerprint density at radius 2 is 1.97 bits per heavy atom. The van der Waals surface area contributed by atoms with Crippen molar-refractivity contribution in [2.75, 3.05) is 30.4 Å². The number of likely N-dealkylation sites (N-methyl/N-ethyl adjacent to an activating group) is 1. The molecule has 8 nitrogen and oxygen atoms in total. The SMILES string of the molecule is Cc1ncn(-c2ccc3cc2OCC=CCN(C)c2nc(nc4c2CCC4c2ccc(F)cc2F)N3)n1. The molecule has 2 aliphatic rings. The average Bonchev–Trinajstić information content (AvgIpc) is 3.49. The van der Waals surface area contributed by atoms with Crippen LogP contribution in [-0.4, -0.2) is 44.9 Å². The standard InChI is InChI=1S/C27H25F2N7O/c1-16-30-15-36(34-16)23-10-6-18-14-24(23)37-12-4-3-11-35(2)26-21-9-8-20(25(21)32-27(31-18)33-26)19-7-5-17(28)13-22(19)29/h3-7,10,13-15,20H,8-9,11-12H2,1-2H3,(H,31,32,33). The van der Waals surface area contributed by atoms with Gasteiger partial charge in [0.05, 0.1) is 5.69 Å². The van der Waals surface area contributed by atoms with E-state index in [1.54, 1.807) is 11.0 Å². The molecular weight excluding hydrogens is 476 g/mol. The Labute approximate surface area is 212 Å². The van der Waals surface area contributed by atoms with Crippen molar-refractivity contribution < 1.29 is 13.5 Å². The lowest BCUT2D eigenvalue weighted by Gasteiger charge is -2.21. The first kappa shape index (κ1) is 23.1. The first-order valence-electron chi connectivity index (χ1n) is 12.1. The van der Waals surface area contributed by atoms with Crippen molar-refractivity contribution in [3.05, 3.63) is 89.2 Å². The topological polar surface area (TPSA) is 81.0 Å². The van der Waals surface area contributed by atoms with Crippen LogP contribution in [0.2, 0.25) is 0 Å². The number of fused-ring (bicyclic) bond motifs is 6. The Kier molecular flexibility index (Phi) is 5.78. The van der Waals surface area contributed by atoms with Crippen molar-refractivity contribution in [3.8, 4) is 11.4 Å². The summed E-state index contributed by atoms with van der Waals surface area (Å²) in [5.41, 5.74) is 3.68. The second-order valence-corrected chi connectivity index (χ2v) is 9.20. The van der Waals surface area contributed by atoms with Crippen LogP contribution in [0.1, 0.15) is 35.0 Å². The monoisotopic (exact) mass is 501 g/mol. The molecule has 1 N–H and O–H groups in total. The lowest BCUT2D eigenvalue weighted by Crippen LogP contribution is -2.21. The van der Waals surface area contributed by atoms with Crippen LogP contribution < -0.4 is 15.0 Å². The zero-order chi connectivity index (χ0) is 25.5.